The summed E-state index contributed by atoms with van der Waals surface area (Å²) >= 11 is 0. The molecular weight excluding hydrogens is 312 g/mol. The molecule has 0 bridgehead atoms. The number of nitrogens with one attached hydrogen (secondary N) is 1. The predicted octanol–water partition coefficient (Wildman–Crippen LogP) is 3.31. The quantitative estimate of drug-likeness (QED) is 0.749. The molecule has 1 saturated carbocycles. The Balaban J connectivity index is 1.58. The number of fused-ring (bicyclic) bond motifs is 1. The van der Waals surface area contributed by atoms with Crippen molar-refractivity contribution in [1.82, 2.24) is 24.1 Å². The van der Waals surface area contributed by atoms with Gasteiger partial charge in [-0.25, -0.2) is 9.97 Å². The van der Waals surface area contributed by atoms with Crippen LogP contribution in [0.4, 0.5) is 5.82 Å². The molecule has 4 rings (SSSR count). The predicted molar refractivity (Wildman–Crippen MR) is 99.0 cm³/mol. The first kappa shape index (κ1) is 16.1. The highest BCUT2D eigenvalue weighted by Gasteiger charge is 2.43. The first-order valence-electron chi connectivity index (χ1n) is 9.09. The minimum atomic E-state index is 0.324. The van der Waals surface area contributed by atoms with Crippen molar-refractivity contribution in [2.24, 2.45) is 5.41 Å². The molecule has 1 aliphatic carbocycles. The number of hydrogen-bond donors (Lipinski definition) is 1. The number of aromatic nitrogens is 5. The lowest BCUT2D eigenvalue weighted by molar-refractivity contribution is 0.438. The van der Waals surface area contributed by atoms with E-state index in [1.807, 2.05) is 17.6 Å². The second-order valence-corrected chi connectivity index (χ2v) is 7.39. The Bertz CT molecular complexity index is 916. The zero-order valence-electron chi connectivity index (χ0n) is 15.5. The highest BCUT2D eigenvalue weighted by atomic mass is 15.3. The molecule has 0 aromatic carbocycles. The Labute approximate surface area is 148 Å². The molecule has 132 valence electrons. The molecule has 1 fully saturated rings. The third kappa shape index (κ3) is 2.90. The van der Waals surface area contributed by atoms with E-state index in [2.05, 4.69) is 53.0 Å². The van der Waals surface area contributed by atoms with Gasteiger partial charge in [0, 0.05) is 48.2 Å². The molecule has 0 aliphatic heterocycles. The second-order valence-electron chi connectivity index (χ2n) is 7.39. The van der Waals surface area contributed by atoms with Crippen LogP contribution < -0.4 is 5.32 Å². The Morgan fingerprint density at radius 3 is 2.68 bits per heavy atom. The lowest BCUT2D eigenvalue weighted by Crippen LogP contribution is -2.23. The van der Waals surface area contributed by atoms with Gasteiger partial charge in [0.05, 0.1) is 5.69 Å². The lowest BCUT2D eigenvalue weighted by Gasteiger charge is -2.19. The van der Waals surface area contributed by atoms with E-state index in [1.165, 1.54) is 12.8 Å². The molecule has 0 atom stereocenters. The topological polar surface area (TPSA) is 60.0 Å². The molecule has 6 nitrogen and oxygen atoms in total. The smallest absolute Gasteiger partial charge is 0.160 e. The van der Waals surface area contributed by atoms with Gasteiger partial charge in [-0.2, -0.15) is 9.61 Å². The minimum absolute atomic E-state index is 0.324. The molecule has 0 spiro atoms. The molecule has 3 heterocycles. The van der Waals surface area contributed by atoms with Crippen molar-refractivity contribution in [2.45, 2.75) is 53.5 Å². The molecule has 3 aromatic heterocycles. The summed E-state index contributed by atoms with van der Waals surface area (Å²) in [6.45, 7) is 10.3. The van der Waals surface area contributed by atoms with Gasteiger partial charge in [0.25, 0.3) is 0 Å². The van der Waals surface area contributed by atoms with Crippen LogP contribution in [0.1, 0.15) is 42.5 Å². The van der Waals surface area contributed by atoms with Gasteiger partial charge in [-0.3, -0.25) is 0 Å². The maximum atomic E-state index is 4.76. The van der Waals surface area contributed by atoms with Gasteiger partial charge in [-0.1, -0.05) is 6.92 Å². The lowest BCUT2D eigenvalue weighted by atomic mass is 10.1. The fourth-order valence-corrected chi connectivity index (χ4v) is 3.36. The highest BCUT2D eigenvalue weighted by molar-refractivity contribution is 5.56. The van der Waals surface area contributed by atoms with Crippen molar-refractivity contribution >= 4 is 11.5 Å². The van der Waals surface area contributed by atoms with Crippen LogP contribution in [0, 0.1) is 26.2 Å². The fraction of sp³-hybridized carbons (Fsp3) is 0.526. The monoisotopic (exact) mass is 338 g/mol. The first-order valence-corrected chi connectivity index (χ1v) is 9.09. The van der Waals surface area contributed by atoms with Crippen molar-refractivity contribution < 1.29 is 0 Å². The van der Waals surface area contributed by atoms with E-state index >= 15 is 0 Å². The number of hydrogen-bond acceptors (Lipinski definition) is 4. The van der Waals surface area contributed by atoms with Crippen molar-refractivity contribution in [2.75, 3.05) is 11.9 Å². The molecule has 1 aliphatic rings. The first-order chi connectivity index (χ1) is 12.0. The van der Waals surface area contributed by atoms with E-state index in [0.29, 0.717) is 5.41 Å². The molecule has 0 amide bonds. The van der Waals surface area contributed by atoms with Gasteiger partial charge >= 0.3 is 0 Å². The highest BCUT2D eigenvalue weighted by Crippen LogP contribution is 2.47. The van der Waals surface area contributed by atoms with E-state index in [9.17, 15) is 0 Å². The van der Waals surface area contributed by atoms with E-state index in [4.69, 9.17) is 4.98 Å². The van der Waals surface area contributed by atoms with Crippen LogP contribution in [-0.2, 0) is 13.0 Å². The summed E-state index contributed by atoms with van der Waals surface area (Å²) in [6.07, 6.45) is 7.39. The molecule has 0 unspecified atom stereocenters. The number of nitrogens with zero attached hydrogens (tertiary/aromatic N) is 5. The summed E-state index contributed by atoms with van der Waals surface area (Å²) in [4.78, 5) is 9.10. The van der Waals surface area contributed by atoms with Crippen LogP contribution in [0.2, 0.25) is 0 Å². The van der Waals surface area contributed by atoms with Gasteiger partial charge in [0.2, 0.25) is 0 Å². The average molecular weight is 338 g/mol. The Morgan fingerprint density at radius 2 is 2.04 bits per heavy atom. The van der Waals surface area contributed by atoms with Crippen LogP contribution >= 0.6 is 0 Å². The minimum Gasteiger partial charge on any atom is -0.369 e. The van der Waals surface area contributed by atoms with Gasteiger partial charge in [0.1, 0.15) is 11.6 Å². The number of rotatable bonds is 6. The van der Waals surface area contributed by atoms with Crippen molar-refractivity contribution in [1.29, 1.82) is 0 Å². The molecule has 6 heteroatoms. The standard InChI is InChI=1S/C19H26N6/c1-5-16-10-17(25-18(22-16)13(2)14(3)23-25)21-11-19(6-7-19)12-24-9-8-20-15(24)4/h8-10,21H,5-7,11-12H2,1-4H3. The summed E-state index contributed by atoms with van der Waals surface area (Å²) in [5.74, 6) is 2.14. The van der Waals surface area contributed by atoms with Crippen LogP contribution in [0.5, 0.6) is 0 Å². The molecular formula is C19H26N6. The van der Waals surface area contributed by atoms with E-state index in [1.54, 1.807) is 0 Å². The fourth-order valence-electron chi connectivity index (χ4n) is 3.36. The molecule has 0 saturated heterocycles. The van der Waals surface area contributed by atoms with E-state index in [0.717, 1.165) is 53.8 Å². The van der Waals surface area contributed by atoms with Crippen molar-refractivity contribution in [3.8, 4) is 0 Å². The third-order valence-electron chi connectivity index (χ3n) is 5.50. The van der Waals surface area contributed by atoms with Gasteiger partial charge in [-0.15, -0.1) is 0 Å². The number of imidazole rings is 1. The molecule has 0 radical (unpaired) electrons. The maximum Gasteiger partial charge on any atom is 0.160 e. The van der Waals surface area contributed by atoms with Crippen molar-refractivity contribution in [3.05, 3.63) is 41.2 Å². The molecule has 25 heavy (non-hydrogen) atoms. The van der Waals surface area contributed by atoms with Crippen molar-refractivity contribution in [3.63, 3.8) is 0 Å². The average Bonchev–Trinajstić information content (AvgIpc) is 3.17. The zero-order valence-corrected chi connectivity index (χ0v) is 15.5. The number of aryl methyl sites for hydroxylation is 4. The van der Waals surface area contributed by atoms with E-state index < -0.39 is 0 Å². The maximum absolute atomic E-state index is 4.76. The zero-order chi connectivity index (χ0) is 17.6. The van der Waals surface area contributed by atoms with Gasteiger partial charge in [-0.05, 0) is 40.0 Å². The summed E-state index contributed by atoms with van der Waals surface area (Å²) < 4.78 is 4.22. The third-order valence-corrected chi connectivity index (χ3v) is 5.50. The Morgan fingerprint density at radius 1 is 1.24 bits per heavy atom. The van der Waals surface area contributed by atoms with E-state index in [-0.39, 0.29) is 0 Å². The normalized spacial score (nSPS) is 15.7. The SMILES string of the molecule is CCc1cc(NCC2(Cn3ccnc3C)CC2)n2nc(C)c(C)c2n1. The summed E-state index contributed by atoms with van der Waals surface area (Å²) in [5, 5.41) is 8.34. The summed E-state index contributed by atoms with van der Waals surface area (Å²) in [7, 11) is 0. The van der Waals surface area contributed by atoms with Crippen LogP contribution in [0.3, 0.4) is 0 Å². The summed E-state index contributed by atoms with van der Waals surface area (Å²) in [6, 6.07) is 2.14. The van der Waals surface area contributed by atoms with Gasteiger partial charge < -0.3 is 9.88 Å². The van der Waals surface area contributed by atoms with Gasteiger partial charge in [0.15, 0.2) is 5.65 Å². The summed E-state index contributed by atoms with van der Waals surface area (Å²) in [5.41, 5.74) is 4.60. The number of anilines is 1. The largest absolute Gasteiger partial charge is 0.369 e. The molecule has 1 N–H and O–H groups in total. The van der Waals surface area contributed by atoms with Crippen LogP contribution in [0.25, 0.3) is 5.65 Å². The Kier molecular flexibility index (Phi) is 3.78. The van der Waals surface area contributed by atoms with Crippen LogP contribution in [-0.4, -0.2) is 30.7 Å². The van der Waals surface area contributed by atoms with Crippen LogP contribution in [0.15, 0.2) is 18.5 Å². The Hall–Kier alpha value is -2.37. The molecule has 3 aromatic rings. The second kappa shape index (κ2) is 5.86.